The number of hydrogen-bond donors (Lipinski definition) is 0. The van der Waals surface area contributed by atoms with Crippen LogP contribution in [-0.2, 0) is 11.3 Å². The lowest BCUT2D eigenvalue weighted by molar-refractivity contribution is -0.971. The Bertz CT molecular complexity index is 1380. The van der Waals surface area contributed by atoms with Gasteiger partial charge in [0.15, 0.2) is 0 Å². The van der Waals surface area contributed by atoms with E-state index in [-0.39, 0.29) is 22.9 Å². The Balaban J connectivity index is 0.00000294. The molecule has 0 radical (unpaired) electrons. The molecule has 38 heavy (non-hydrogen) atoms. The Labute approximate surface area is 236 Å². The molecular weight excluding hydrogens is 536 g/mol. The van der Waals surface area contributed by atoms with Gasteiger partial charge in [0.1, 0.15) is 19.6 Å². The molecule has 4 aromatic rings. The standard InChI is InChI=1S/C33H37N2O2.BrH/c1-24-19-25(2)21-26(20-24)23-35(15-17-37-18-16-35)29-11-13-34(14-12-29)33(36)32-30-9-5-3-7-27(30)22-28-8-4-6-10-31(28)32;/h3-10,19-22,29H,11-18,23H2,1-2H3;1H/q+1;/p-1. The van der Waals surface area contributed by atoms with Gasteiger partial charge in [0.2, 0.25) is 0 Å². The fourth-order valence-electron chi connectivity index (χ4n) is 6.90. The lowest BCUT2D eigenvalue weighted by Gasteiger charge is -2.49. The summed E-state index contributed by atoms with van der Waals surface area (Å²) < 4.78 is 6.90. The van der Waals surface area contributed by atoms with E-state index in [1.165, 1.54) is 16.7 Å². The van der Waals surface area contributed by atoms with Crippen molar-refractivity contribution in [2.75, 3.05) is 39.4 Å². The minimum Gasteiger partial charge on any atom is -1.00 e. The van der Waals surface area contributed by atoms with E-state index < -0.39 is 0 Å². The molecule has 2 aliphatic rings. The van der Waals surface area contributed by atoms with Crippen LogP contribution < -0.4 is 17.0 Å². The van der Waals surface area contributed by atoms with Crippen molar-refractivity contribution < 1.29 is 31.0 Å². The normalized spacial score (nSPS) is 17.9. The zero-order valence-corrected chi connectivity index (χ0v) is 24.0. The number of piperidine rings is 1. The first-order valence-corrected chi connectivity index (χ1v) is 13.7. The van der Waals surface area contributed by atoms with E-state index in [1.807, 2.05) is 12.1 Å². The Morgan fingerprint density at radius 3 is 1.97 bits per heavy atom. The lowest BCUT2D eigenvalue weighted by atomic mass is 9.93. The molecule has 0 bridgehead atoms. The van der Waals surface area contributed by atoms with Crippen molar-refractivity contribution in [1.29, 1.82) is 0 Å². The molecule has 6 rings (SSSR count). The monoisotopic (exact) mass is 572 g/mol. The average molecular weight is 574 g/mol. The number of quaternary nitrogens is 1. The molecule has 4 aromatic carbocycles. The van der Waals surface area contributed by atoms with Gasteiger partial charge < -0.3 is 31.1 Å². The summed E-state index contributed by atoms with van der Waals surface area (Å²) in [5.41, 5.74) is 4.96. The molecule has 2 aliphatic heterocycles. The van der Waals surface area contributed by atoms with E-state index in [4.69, 9.17) is 4.74 Å². The van der Waals surface area contributed by atoms with Gasteiger partial charge in [0, 0.05) is 31.5 Å². The average Bonchev–Trinajstić information content (AvgIpc) is 2.91. The van der Waals surface area contributed by atoms with Crippen molar-refractivity contribution >= 4 is 27.5 Å². The maximum absolute atomic E-state index is 14.1. The second kappa shape index (κ2) is 11.2. The smallest absolute Gasteiger partial charge is 0.255 e. The molecule has 4 nitrogen and oxygen atoms in total. The number of halogens is 1. The van der Waals surface area contributed by atoms with Crippen molar-refractivity contribution in [3.05, 3.63) is 95.1 Å². The number of carbonyl (C=O) groups is 1. The Hall–Kier alpha value is -2.73. The number of hydrogen-bond acceptors (Lipinski definition) is 2. The van der Waals surface area contributed by atoms with Crippen LogP contribution in [0.4, 0.5) is 0 Å². The Kier molecular flexibility index (Phi) is 7.90. The number of benzene rings is 4. The number of fused-ring (bicyclic) bond motifs is 2. The van der Waals surface area contributed by atoms with Crippen LogP contribution in [0.5, 0.6) is 0 Å². The number of nitrogens with zero attached hydrogens (tertiary/aromatic N) is 2. The molecule has 0 aromatic heterocycles. The van der Waals surface area contributed by atoms with Crippen LogP contribution in [0.3, 0.4) is 0 Å². The number of aryl methyl sites for hydroxylation is 2. The van der Waals surface area contributed by atoms with Crippen LogP contribution in [0.1, 0.15) is 39.9 Å². The Morgan fingerprint density at radius 1 is 0.842 bits per heavy atom. The van der Waals surface area contributed by atoms with Gasteiger partial charge in [0.25, 0.3) is 5.91 Å². The van der Waals surface area contributed by atoms with Gasteiger partial charge in [0.05, 0.1) is 24.8 Å². The molecule has 2 fully saturated rings. The van der Waals surface area contributed by atoms with E-state index in [1.54, 1.807) is 0 Å². The van der Waals surface area contributed by atoms with Crippen molar-refractivity contribution in [2.24, 2.45) is 0 Å². The van der Waals surface area contributed by atoms with Gasteiger partial charge >= 0.3 is 0 Å². The van der Waals surface area contributed by atoms with Gasteiger partial charge in [-0.25, -0.2) is 0 Å². The molecule has 0 aliphatic carbocycles. The van der Waals surface area contributed by atoms with E-state index in [2.05, 4.69) is 79.4 Å². The summed E-state index contributed by atoms with van der Waals surface area (Å²) in [7, 11) is 0. The Morgan fingerprint density at radius 2 is 1.39 bits per heavy atom. The number of rotatable bonds is 4. The van der Waals surface area contributed by atoms with Crippen LogP contribution in [-0.4, -0.2) is 60.7 Å². The number of carbonyl (C=O) groups excluding carboxylic acids is 1. The molecule has 2 saturated heterocycles. The third kappa shape index (κ3) is 5.12. The molecule has 0 atom stereocenters. The topological polar surface area (TPSA) is 29.5 Å². The summed E-state index contributed by atoms with van der Waals surface area (Å²) in [6, 6.07) is 26.3. The molecule has 0 spiro atoms. The molecule has 198 valence electrons. The van der Waals surface area contributed by atoms with E-state index >= 15 is 0 Å². The highest BCUT2D eigenvalue weighted by Crippen LogP contribution is 2.33. The number of morpholine rings is 1. The van der Waals surface area contributed by atoms with Gasteiger partial charge in [-0.2, -0.15) is 0 Å². The lowest BCUT2D eigenvalue weighted by Crippen LogP contribution is -3.00. The van der Waals surface area contributed by atoms with Crippen LogP contribution in [0.2, 0.25) is 0 Å². The van der Waals surface area contributed by atoms with Gasteiger partial charge in [-0.15, -0.1) is 0 Å². The summed E-state index contributed by atoms with van der Waals surface area (Å²) in [6.07, 6.45) is 2.08. The van der Waals surface area contributed by atoms with Gasteiger partial charge in [-0.1, -0.05) is 77.9 Å². The second-order valence-corrected chi connectivity index (χ2v) is 11.1. The minimum absolute atomic E-state index is 0. The van der Waals surface area contributed by atoms with Crippen LogP contribution in [0.15, 0.2) is 72.8 Å². The number of likely N-dealkylation sites (tertiary alicyclic amines) is 1. The summed E-state index contributed by atoms with van der Waals surface area (Å²) in [5.74, 6) is 0.175. The van der Waals surface area contributed by atoms with E-state index in [0.29, 0.717) is 6.04 Å². The molecule has 1 amide bonds. The van der Waals surface area contributed by atoms with Crippen molar-refractivity contribution in [3.63, 3.8) is 0 Å². The number of amides is 1. The first-order valence-electron chi connectivity index (χ1n) is 13.7. The molecular formula is C33H37BrN2O2. The first-order chi connectivity index (χ1) is 18.0. The molecule has 0 saturated carbocycles. The van der Waals surface area contributed by atoms with E-state index in [9.17, 15) is 4.79 Å². The van der Waals surface area contributed by atoms with Gasteiger partial charge in [-0.05, 0) is 41.5 Å². The quantitative estimate of drug-likeness (QED) is 0.277. The SMILES string of the molecule is Cc1cc(C)cc(C[N+]2(C3CCN(C(=O)c4c5ccccc5cc5ccccc45)CC3)CCOCC2)c1.[Br-]. The maximum Gasteiger partial charge on any atom is 0.255 e. The van der Waals surface area contributed by atoms with Crippen molar-refractivity contribution in [2.45, 2.75) is 39.3 Å². The molecule has 0 N–H and O–H groups in total. The number of ether oxygens (including phenoxy) is 1. The molecule has 2 heterocycles. The molecule has 0 unspecified atom stereocenters. The minimum atomic E-state index is 0. The third-order valence-corrected chi connectivity index (χ3v) is 8.65. The third-order valence-electron chi connectivity index (χ3n) is 8.65. The predicted molar refractivity (Wildman–Crippen MR) is 151 cm³/mol. The highest BCUT2D eigenvalue weighted by Gasteiger charge is 2.41. The van der Waals surface area contributed by atoms with Crippen LogP contribution in [0.25, 0.3) is 21.5 Å². The first kappa shape index (κ1) is 26.9. The predicted octanol–water partition coefficient (Wildman–Crippen LogP) is 3.27. The fraction of sp³-hybridized carbons (Fsp3) is 0.364. The maximum atomic E-state index is 14.1. The van der Waals surface area contributed by atoms with E-state index in [0.717, 1.165) is 90.4 Å². The van der Waals surface area contributed by atoms with Crippen molar-refractivity contribution in [3.8, 4) is 0 Å². The summed E-state index contributed by atoms with van der Waals surface area (Å²) >= 11 is 0. The fourth-order valence-corrected chi connectivity index (χ4v) is 6.90. The second-order valence-electron chi connectivity index (χ2n) is 11.1. The largest absolute Gasteiger partial charge is 1.00 e. The highest BCUT2D eigenvalue weighted by atomic mass is 79.9. The van der Waals surface area contributed by atoms with Gasteiger partial charge in [-0.3, -0.25) is 4.79 Å². The summed E-state index contributed by atoms with van der Waals surface area (Å²) in [5, 5.41) is 4.37. The molecule has 5 heteroatoms. The van der Waals surface area contributed by atoms with Crippen molar-refractivity contribution in [1.82, 2.24) is 4.90 Å². The van der Waals surface area contributed by atoms with Crippen LogP contribution in [0, 0.1) is 13.8 Å². The highest BCUT2D eigenvalue weighted by molar-refractivity contribution is 6.18. The zero-order chi connectivity index (χ0) is 25.4. The summed E-state index contributed by atoms with van der Waals surface area (Å²) in [6.45, 7) is 10.8. The zero-order valence-electron chi connectivity index (χ0n) is 22.5. The summed E-state index contributed by atoms with van der Waals surface area (Å²) in [4.78, 5) is 16.2. The van der Waals surface area contributed by atoms with Crippen LogP contribution >= 0.6 is 0 Å².